The Bertz CT molecular complexity index is 252. The highest BCUT2D eigenvalue weighted by Crippen LogP contribution is 2.26. The first-order valence-electron chi connectivity index (χ1n) is 4.93. The number of carbonyl (C=O) groups excluding carboxylic acids is 1. The zero-order chi connectivity index (χ0) is 11.3. The number of ether oxygens (including phenoxy) is 1. The van der Waals surface area contributed by atoms with Crippen LogP contribution >= 0.6 is 0 Å². The summed E-state index contributed by atoms with van der Waals surface area (Å²) in [7, 11) is 0. The van der Waals surface area contributed by atoms with Gasteiger partial charge < -0.3 is 10.5 Å². The molecule has 0 amide bonds. The minimum Gasteiger partial charge on any atom is -0.462 e. The summed E-state index contributed by atoms with van der Waals surface area (Å²) in [5.74, 6) is -0.419. The van der Waals surface area contributed by atoms with Crippen LogP contribution in [-0.4, -0.2) is 24.8 Å². The fourth-order valence-corrected chi connectivity index (χ4v) is 1.24. The van der Waals surface area contributed by atoms with Gasteiger partial charge in [0.2, 0.25) is 0 Å². The summed E-state index contributed by atoms with van der Waals surface area (Å²) in [5, 5.41) is 0. The van der Waals surface area contributed by atoms with E-state index >= 15 is 0 Å². The molecule has 1 aliphatic rings. The standard InChI is InChI=1S/C10H17NO4/c1-8(11)7-9(12)13-5-3-10(2)4-6-14-15-10/h7H,3-6,11H2,1-2H3/b8-7-. The Morgan fingerprint density at radius 3 is 2.93 bits per heavy atom. The van der Waals surface area contributed by atoms with Crippen molar-refractivity contribution in [3.8, 4) is 0 Å². The molecule has 0 saturated carbocycles. The molecule has 0 aromatic carbocycles. The summed E-state index contributed by atoms with van der Waals surface area (Å²) in [6.45, 7) is 4.46. The second kappa shape index (κ2) is 5.14. The van der Waals surface area contributed by atoms with Crippen LogP contribution in [0.4, 0.5) is 0 Å². The molecule has 1 saturated heterocycles. The maximum Gasteiger partial charge on any atom is 0.332 e. The zero-order valence-corrected chi connectivity index (χ0v) is 9.12. The van der Waals surface area contributed by atoms with Crippen molar-refractivity contribution in [3.63, 3.8) is 0 Å². The van der Waals surface area contributed by atoms with Crippen LogP contribution < -0.4 is 5.73 Å². The Morgan fingerprint density at radius 2 is 2.40 bits per heavy atom. The molecule has 1 atom stereocenters. The van der Waals surface area contributed by atoms with Crippen molar-refractivity contribution in [1.82, 2.24) is 0 Å². The van der Waals surface area contributed by atoms with Crippen LogP contribution in [0.25, 0.3) is 0 Å². The van der Waals surface area contributed by atoms with Gasteiger partial charge in [0, 0.05) is 24.6 Å². The highest BCUT2D eigenvalue weighted by atomic mass is 17.2. The Balaban J connectivity index is 2.21. The summed E-state index contributed by atoms with van der Waals surface area (Å²) in [5.41, 5.74) is 5.43. The minimum atomic E-state index is -0.419. The monoisotopic (exact) mass is 215 g/mol. The van der Waals surface area contributed by atoms with Gasteiger partial charge in [-0.25, -0.2) is 14.6 Å². The van der Waals surface area contributed by atoms with Gasteiger partial charge in [0.15, 0.2) is 0 Å². The summed E-state index contributed by atoms with van der Waals surface area (Å²) in [4.78, 5) is 21.0. The van der Waals surface area contributed by atoms with Crippen molar-refractivity contribution >= 4 is 5.97 Å². The highest BCUT2D eigenvalue weighted by Gasteiger charge is 2.31. The Morgan fingerprint density at radius 1 is 1.67 bits per heavy atom. The smallest absolute Gasteiger partial charge is 0.332 e. The van der Waals surface area contributed by atoms with E-state index in [2.05, 4.69) is 0 Å². The molecule has 15 heavy (non-hydrogen) atoms. The molecule has 1 heterocycles. The first kappa shape index (κ1) is 12.0. The molecular weight excluding hydrogens is 198 g/mol. The second-order valence-corrected chi connectivity index (χ2v) is 3.91. The van der Waals surface area contributed by atoms with E-state index in [1.54, 1.807) is 6.92 Å². The predicted molar refractivity (Wildman–Crippen MR) is 53.6 cm³/mol. The molecule has 1 unspecified atom stereocenters. The van der Waals surface area contributed by atoms with E-state index in [1.807, 2.05) is 6.92 Å². The fraction of sp³-hybridized carbons (Fsp3) is 0.700. The number of hydrogen-bond acceptors (Lipinski definition) is 5. The molecule has 1 fully saturated rings. The minimum absolute atomic E-state index is 0.308. The van der Waals surface area contributed by atoms with Crippen molar-refractivity contribution in [2.75, 3.05) is 13.2 Å². The van der Waals surface area contributed by atoms with Crippen LogP contribution in [-0.2, 0) is 19.3 Å². The molecule has 0 aliphatic carbocycles. The first-order chi connectivity index (χ1) is 7.02. The van der Waals surface area contributed by atoms with Gasteiger partial charge >= 0.3 is 5.97 Å². The summed E-state index contributed by atoms with van der Waals surface area (Å²) < 4.78 is 4.95. The largest absolute Gasteiger partial charge is 0.462 e. The molecule has 1 aliphatic heterocycles. The number of nitrogens with two attached hydrogens (primary N) is 1. The molecule has 0 radical (unpaired) electrons. The van der Waals surface area contributed by atoms with Crippen molar-refractivity contribution in [2.45, 2.75) is 32.3 Å². The predicted octanol–water partition coefficient (Wildman–Crippen LogP) is 0.893. The van der Waals surface area contributed by atoms with E-state index in [4.69, 9.17) is 20.2 Å². The van der Waals surface area contributed by atoms with Crippen LogP contribution in [0, 0.1) is 0 Å². The zero-order valence-electron chi connectivity index (χ0n) is 9.12. The number of hydrogen-bond donors (Lipinski definition) is 1. The molecule has 5 nitrogen and oxygen atoms in total. The van der Waals surface area contributed by atoms with Crippen molar-refractivity contribution in [1.29, 1.82) is 0 Å². The third-order valence-corrected chi connectivity index (χ3v) is 2.20. The molecule has 86 valence electrons. The molecule has 2 N–H and O–H groups in total. The Kier molecular flexibility index (Phi) is 4.11. The average molecular weight is 215 g/mol. The number of carbonyl (C=O) groups is 1. The van der Waals surface area contributed by atoms with E-state index in [-0.39, 0.29) is 5.60 Å². The lowest BCUT2D eigenvalue weighted by Gasteiger charge is -2.19. The number of allylic oxidation sites excluding steroid dienone is 1. The fourth-order valence-electron chi connectivity index (χ4n) is 1.24. The van der Waals surface area contributed by atoms with E-state index in [0.717, 1.165) is 6.42 Å². The quantitative estimate of drug-likeness (QED) is 0.428. The van der Waals surface area contributed by atoms with Gasteiger partial charge in [0.05, 0.1) is 13.2 Å². The SMILES string of the molecule is C/C(N)=C/C(=O)OCCC1(C)CCOO1. The molecular formula is C10H17NO4. The lowest BCUT2D eigenvalue weighted by Crippen LogP contribution is -2.25. The Labute approximate surface area is 89.1 Å². The number of rotatable bonds is 4. The van der Waals surface area contributed by atoms with Crippen molar-refractivity contribution in [3.05, 3.63) is 11.8 Å². The van der Waals surface area contributed by atoms with Gasteiger partial charge in [0.25, 0.3) is 0 Å². The highest BCUT2D eigenvalue weighted by molar-refractivity contribution is 5.82. The Hall–Kier alpha value is -1.07. The maximum absolute atomic E-state index is 11.1. The summed E-state index contributed by atoms with van der Waals surface area (Å²) in [6.07, 6.45) is 2.70. The van der Waals surface area contributed by atoms with Gasteiger partial charge in [-0.1, -0.05) is 0 Å². The van der Waals surface area contributed by atoms with Crippen LogP contribution in [0.3, 0.4) is 0 Å². The lowest BCUT2D eigenvalue weighted by atomic mass is 10.00. The van der Waals surface area contributed by atoms with Gasteiger partial charge in [-0.2, -0.15) is 0 Å². The van der Waals surface area contributed by atoms with Crippen molar-refractivity contribution < 1.29 is 19.3 Å². The van der Waals surface area contributed by atoms with Crippen LogP contribution in [0.2, 0.25) is 0 Å². The molecule has 0 spiro atoms. The average Bonchev–Trinajstić information content (AvgIpc) is 2.51. The molecule has 0 bridgehead atoms. The lowest BCUT2D eigenvalue weighted by molar-refractivity contribution is -0.306. The topological polar surface area (TPSA) is 70.8 Å². The molecule has 0 aromatic heterocycles. The summed E-state index contributed by atoms with van der Waals surface area (Å²) in [6, 6.07) is 0. The van der Waals surface area contributed by atoms with E-state index < -0.39 is 5.97 Å². The molecule has 0 aromatic rings. The maximum atomic E-state index is 11.1. The van der Waals surface area contributed by atoms with Crippen LogP contribution in [0.15, 0.2) is 11.8 Å². The van der Waals surface area contributed by atoms with Gasteiger partial charge in [0.1, 0.15) is 5.60 Å². The van der Waals surface area contributed by atoms with Gasteiger partial charge in [-0.15, -0.1) is 0 Å². The van der Waals surface area contributed by atoms with Gasteiger partial charge in [-0.05, 0) is 13.8 Å². The van der Waals surface area contributed by atoms with Crippen LogP contribution in [0.5, 0.6) is 0 Å². The van der Waals surface area contributed by atoms with E-state index in [9.17, 15) is 4.79 Å². The van der Waals surface area contributed by atoms with Crippen LogP contribution in [0.1, 0.15) is 26.7 Å². The van der Waals surface area contributed by atoms with Crippen molar-refractivity contribution in [2.24, 2.45) is 5.73 Å². The number of esters is 1. The summed E-state index contributed by atoms with van der Waals surface area (Å²) >= 11 is 0. The van der Waals surface area contributed by atoms with E-state index in [0.29, 0.717) is 25.3 Å². The second-order valence-electron chi connectivity index (χ2n) is 3.91. The molecule has 5 heteroatoms. The first-order valence-corrected chi connectivity index (χ1v) is 4.93. The van der Waals surface area contributed by atoms with Gasteiger partial charge in [-0.3, -0.25) is 0 Å². The van der Waals surface area contributed by atoms with E-state index in [1.165, 1.54) is 6.08 Å². The molecule has 1 rings (SSSR count). The third kappa shape index (κ3) is 4.31. The normalized spacial score (nSPS) is 26.7. The third-order valence-electron chi connectivity index (χ3n) is 2.20.